The van der Waals surface area contributed by atoms with Crippen LogP contribution in [0.5, 0.6) is 0 Å². The van der Waals surface area contributed by atoms with Gasteiger partial charge in [-0.25, -0.2) is 5.43 Å². The lowest BCUT2D eigenvalue weighted by Crippen LogP contribution is -2.65. The van der Waals surface area contributed by atoms with Crippen LogP contribution in [0.2, 0.25) is 0 Å². The number of halogens is 1. The van der Waals surface area contributed by atoms with Gasteiger partial charge in [0.05, 0.1) is 0 Å². The van der Waals surface area contributed by atoms with E-state index in [-0.39, 0.29) is 11.9 Å². The van der Waals surface area contributed by atoms with E-state index in [2.05, 4.69) is 32.9 Å². The Morgan fingerprint density at radius 3 is 2.76 bits per heavy atom. The molecule has 1 aliphatic carbocycles. The normalized spacial score (nSPS) is 39.8. The maximum atomic E-state index is 11.8. The van der Waals surface area contributed by atoms with E-state index in [1.165, 1.54) is 32.1 Å². The second-order valence-corrected chi connectivity index (χ2v) is 8.78. The summed E-state index contributed by atoms with van der Waals surface area (Å²) in [6.07, 6.45) is 8.20. The molecule has 1 saturated carbocycles. The molecule has 0 spiro atoms. The number of nitrogens with zero attached hydrogens (tertiary/aromatic N) is 2. The van der Waals surface area contributed by atoms with Crippen LogP contribution in [0.25, 0.3) is 0 Å². The van der Waals surface area contributed by atoms with Crippen LogP contribution in [0.15, 0.2) is 0 Å². The molecule has 5 atom stereocenters. The van der Waals surface area contributed by atoms with Crippen LogP contribution in [0.3, 0.4) is 0 Å². The second-order valence-electron chi connectivity index (χ2n) is 8.31. The molecule has 3 saturated heterocycles. The summed E-state index contributed by atoms with van der Waals surface area (Å²) in [7, 11) is 0. The molecule has 25 heavy (non-hydrogen) atoms. The van der Waals surface area contributed by atoms with E-state index in [1.807, 2.05) is 0 Å². The maximum absolute atomic E-state index is 11.8. The van der Waals surface area contributed by atoms with Gasteiger partial charge in [-0.1, -0.05) is 19.3 Å². The summed E-state index contributed by atoms with van der Waals surface area (Å²) in [6, 6.07) is 1.89. The molecular weight excluding hydrogens is 338 g/mol. The quantitative estimate of drug-likeness (QED) is 0.644. The van der Waals surface area contributed by atoms with Crippen molar-refractivity contribution in [2.45, 2.75) is 75.0 Å². The third-order valence-corrected chi connectivity index (χ3v) is 7.49. The van der Waals surface area contributed by atoms with Gasteiger partial charge in [-0.05, 0) is 32.1 Å². The Labute approximate surface area is 156 Å². The number of fused-ring (bicyclic) bond motifs is 1. The number of carbonyl (C=O) groups is 1. The molecule has 4 rings (SSSR count). The summed E-state index contributed by atoms with van der Waals surface area (Å²) in [5.41, 5.74) is 5.62. The highest BCUT2D eigenvalue weighted by atomic mass is 35.5. The molecule has 3 aliphatic heterocycles. The summed E-state index contributed by atoms with van der Waals surface area (Å²) in [4.78, 5) is 17.0. The molecule has 142 valence electrons. The minimum atomic E-state index is -0.462. The number of hydrogen-bond acceptors (Lipinski definition) is 5. The predicted octanol–water partition coefficient (Wildman–Crippen LogP) is 0.871. The standard InChI is InChI=1S/C18H32ClN5O/c1-12(13-5-3-2-4-6-13)24-11-20-14-10-23(8-7-15(14)24)16-9-21-22-18(25)17(16)19/h12-17,20-21H,2-11H2,1H3,(H,22,25)/t12-,14?,15?,16?,17?/m0/s1. The first-order chi connectivity index (χ1) is 12.1. The number of hydrogen-bond donors (Lipinski definition) is 3. The molecule has 1 amide bonds. The Kier molecular flexibility index (Phi) is 5.53. The largest absolute Gasteiger partial charge is 0.299 e. The predicted molar refractivity (Wildman–Crippen MR) is 99.2 cm³/mol. The second kappa shape index (κ2) is 7.69. The Bertz CT molecular complexity index is 486. The Morgan fingerprint density at radius 1 is 1.16 bits per heavy atom. The van der Waals surface area contributed by atoms with Crippen LogP contribution in [0.4, 0.5) is 0 Å². The van der Waals surface area contributed by atoms with Gasteiger partial charge in [0.2, 0.25) is 0 Å². The molecule has 6 nitrogen and oxygen atoms in total. The van der Waals surface area contributed by atoms with E-state index < -0.39 is 5.38 Å². The molecule has 0 bridgehead atoms. The fourth-order valence-corrected chi connectivity index (χ4v) is 5.74. The zero-order chi connectivity index (χ0) is 17.4. The van der Waals surface area contributed by atoms with Crippen LogP contribution in [0.1, 0.15) is 45.4 Å². The Balaban J connectivity index is 1.37. The number of nitrogens with one attached hydrogen (secondary N) is 3. The van der Waals surface area contributed by atoms with E-state index >= 15 is 0 Å². The van der Waals surface area contributed by atoms with Gasteiger partial charge in [0.25, 0.3) is 5.91 Å². The van der Waals surface area contributed by atoms with Crippen molar-refractivity contribution < 1.29 is 4.79 Å². The monoisotopic (exact) mass is 369 g/mol. The topological polar surface area (TPSA) is 59.6 Å². The van der Waals surface area contributed by atoms with Crippen LogP contribution < -0.4 is 16.2 Å². The molecule has 0 aromatic rings. The first-order valence-electron chi connectivity index (χ1n) is 10.0. The van der Waals surface area contributed by atoms with Crippen molar-refractivity contribution in [1.29, 1.82) is 0 Å². The van der Waals surface area contributed by atoms with Crippen molar-refractivity contribution in [3.8, 4) is 0 Å². The average molecular weight is 370 g/mol. The zero-order valence-electron chi connectivity index (χ0n) is 15.2. The summed E-state index contributed by atoms with van der Waals surface area (Å²) < 4.78 is 0. The molecule has 0 aromatic carbocycles. The molecule has 4 fully saturated rings. The number of carbonyl (C=O) groups excluding carboxylic acids is 1. The zero-order valence-corrected chi connectivity index (χ0v) is 16.0. The van der Waals surface area contributed by atoms with Crippen molar-refractivity contribution in [3.63, 3.8) is 0 Å². The minimum Gasteiger partial charge on any atom is -0.299 e. The molecule has 4 aliphatic rings. The highest BCUT2D eigenvalue weighted by Crippen LogP contribution is 2.33. The summed E-state index contributed by atoms with van der Waals surface area (Å²) >= 11 is 6.37. The lowest BCUT2D eigenvalue weighted by atomic mass is 9.83. The highest BCUT2D eigenvalue weighted by Gasteiger charge is 2.44. The number of alkyl halides is 1. The van der Waals surface area contributed by atoms with Crippen molar-refractivity contribution in [3.05, 3.63) is 0 Å². The Morgan fingerprint density at radius 2 is 1.96 bits per heavy atom. The van der Waals surface area contributed by atoms with Gasteiger partial charge in [-0.2, -0.15) is 0 Å². The lowest BCUT2D eigenvalue weighted by Gasteiger charge is -2.45. The maximum Gasteiger partial charge on any atom is 0.253 e. The summed E-state index contributed by atoms with van der Waals surface area (Å²) in [6.45, 7) is 6.19. The molecule has 3 heterocycles. The first-order valence-corrected chi connectivity index (χ1v) is 10.5. The molecular formula is C18H32ClN5O. The van der Waals surface area contributed by atoms with E-state index in [9.17, 15) is 4.79 Å². The third kappa shape index (κ3) is 3.56. The van der Waals surface area contributed by atoms with E-state index in [4.69, 9.17) is 11.6 Å². The number of likely N-dealkylation sites (tertiary alicyclic amines) is 1. The fourth-order valence-electron chi connectivity index (χ4n) is 5.44. The van der Waals surface area contributed by atoms with Crippen LogP contribution in [-0.2, 0) is 4.79 Å². The molecule has 4 unspecified atom stereocenters. The highest BCUT2D eigenvalue weighted by molar-refractivity contribution is 6.31. The number of piperidine rings is 1. The van der Waals surface area contributed by atoms with Gasteiger partial charge in [-0.3, -0.25) is 25.3 Å². The summed E-state index contributed by atoms with van der Waals surface area (Å²) in [5.74, 6) is 0.762. The van der Waals surface area contributed by atoms with Crippen LogP contribution >= 0.6 is 11.6 Å². The van der Waals surface area contributed by atoms with Gasteiger partial charge < -0.3 is 0 Å². The van der Waals surface area contributed by atoms with Crippen molar-refractivity contribution in [2.75, 3.05) is 26.3 Å². The average Bonchev–Trinajstić information content (AvgIpc) is 3.07. The smallest absolute Gasteiger partial charge is 0.253 e. The molecule has 7 heteroatoms. The van der Waals surface area contributed by atoms with Gasteiger partial charge in [0.1, 0.15) is 5.38 Å². The van der Waals surface area contributed by atoms with Gasteiger partial charge in [0, 0.05) is 50.5 Å². The third-order valence-electron chi connectivity index (χ3n) is 7.01. The molecule has 0 radical (unpaired) electrons. The SMILES string of the molecule is C[C@@H](C1CCCCC1)N1CNC2CN(C3CNNC(=O)C3Cl)CCC21. The molecule has 3 N–H and O–H groups in total. The van der Waals surface area contributed by atoms with Crippen molar-refractivity contribution >= 4 is 17.5 Å². The van der Waals surface area contributed by atoms with Gasteiger partial charge >= 0.3 is 0 Å². The fraction of sp³-hybridized carbons (Fsp3) is 0.944. The van der Waals surface area contributed by atoms with Gasteiger partial charge in [0.15, 0.2) is 0 Å². The number of hydrazine groups is 1. The number of rotatable bonds is 3. The lowest BCUT2D eigenvalue weighted by molar-refractivity contribution is -0.125. The Hall–Kier alpha value is -0.400. The summed E-state index contributed by atoms with van der Waals surface area (Å²) in [5, 5.41) is 3.28. The van der Waals surface area contributed by atoms with E-state index in [1.54, 1.807) is 0 Å². The van der Waals surface area contributed by atoms with Crippen LogP contribution in [-0.4, -0.2) is 71.6 Å². The first kappa shape index (κ1) is 18.0. The van der Waals surface area contributed by atoms with Crippen molar-refractivity contribution in [2.24, 2.45) is 5.92 Å². The number of amides is 1. The van der Waals surface area contributed by atoms with E-state index in [0.29, 0.717) is 18.1 Å². The van der Waals surface area contributed by atoms with Crippen LogP contribution in [0, 0.1) is 5.92 Å². The molecule has 0 aromatic heterocycles. The van der Waals surface area contributed by atoms with Gasteiger partial charge in [-0.15, -0.1) is 11.6 Å². The van der Waals surface area contributed by atoms with E-state index in [0.717, 1.165) is 38.6 Å². The minimum absolute atomic E-state index is 0.0861. The van der Waals surface area contributed by atoms with Crippen molar-refractivity contribution in [1.82, 2.24) is 26.0 Å².